The summed E-state index contributed by atoms with van der Waals surface area (Å²) in [6.45, 7) is 5.15. The summed E-state index contributed by atoms with van der Waals surface area (Å²) in [6.07, 6.45) is 0. The van der Waals surface area contributed by atoms with Gasteiger partial charge in [-0.05, 0) is 49.2 Å². The van der Waals surface area contributed by atoms with Gasteiger partial charge < -0.3 is 10.2 Å². The molecule has 126 valence electrons. The molecule has 2 aromatic rings. The second kappa shape index (κ2) is 7.69. The van der Waals surface area contributed by atoms with Crippen molar-refractivity contribution in [1.82, 2.24) is 0 Å². The first-order chi connectivity index (χ1) is 11.3. The minimum absolute atomic E-state index is 0.110. The lowest BCUT2D eigenvalue weighted by Gasteiger charge is -2.21. The lowest BCUT2D eigenvalue weighted by Crippen LogP contribution is -2.36. The van der Waals surface area contributed by atoms with Crippen molar-refractivity contribution in [3.8, 4) is 0 Å². The molecule has 0 saturated carbocycles. The third-order valence-corrected chi connectivity index (χ3v) is 4.30. The Balaban J connectivity index is 2.18. The molecule has 2 amide bonds. The van der Waals surface area contributed by atoms with Gasteiger partial charge in [-0.3, -0.25) is 9.59 Å². The van der Waals surface area contributed by atoms with Crippen molar-refractivity contribution < 1.29 is 9.59 Å². The van der Waals surface area contributed by atoms with E-state index in [2.05, 4.69) is 5.32 Å². The summed E-state index contributed by atoms with van der Waals surface area (Å²) >= 11 is 11.9. The Kier molecular flexibility index (Phi) is 5.86. The molecule has 0 spiro atoms. The van der Waals surface area contributed by atoms with Gasteiger partial charge in [-0.2, -0.15) is 0 Å². The topological polar surface area (TPSA) is 49.4 Å². The zero-order chi connectivity index (χ0) is 17.9. The second-order valence-corrected chi connectivity index (χ2v) is 6.38. The van der Waals surface area contributed by atoms with Crippen molar-refractivity contribution >= 4 is 46.4 Å². The highest BCUT2D eigenvalue weighted by atomic mass is 35.5. The number of anilines is 2. The monoisotopic (exact) mass is 364 g/mol. The van der Waals surface area contributed by atoms with Gasteiger partial charge in [0.15, 0.2) is 0 Å². The Bertz CT molecular complexity index is 791. The minimum Gasteiger partial charge on any atom is -0.324 e. The summed E-state index contributed by atoms with van der Waals surface area (Å²) in [5, 5.41) is 3.56. The first-order valence-corrected chi connectivity index (χ1v) is 8.14. The number of carbonyl (C=O) groups excluding carboxylic acids is 2. The highest BCUT2D eigenvalue weighted by Crippen LogP contribution is 2.27. The van der Waals surface area contributed by atoms with E-state index in [0.717, 1.165) is 16.8 Å². The number of carbonyl (C=O) groups is 2. The van der Waals surface area contributed by atoms with Crippen LogP contribution in [0.5, 0.6) is 0 Å². The van der Waals surface area contributed by atoms with Crippen molar-refractivity contribution in [3.05, 3.63) is 57.6 Å². The van der Waals surface area contributed by atoms with E-state index in [1.807, 2.05) is 32.0 Å². The highest BCUT2D eigenvalue weighted by molar-refractivity contribution is 6.42. The maximum atomic E-state index is 12.4. The number of hydrogen-bond donors (Lipinski definition) is 1. The smallest absolute Gasteiger partial charge is 0.244 e. The molecule has 0 atom stereocenters. The van der Waals surface area contributed by atoms with Crippen LogP contribution >= 0.6 is 23.2 Å². The first-order valence-electron chi connectivity index (χ1n) is 7.38. The van der Waals surface area contributed by atoms with Crippen molar-refractivity contribution in [1.29, 1.82) is 0 Å². The minimum atomic E-state index is -0.287. The van der Waals surface area contributed by atoms with Gasteiger partial charge in [0.05, 0.1) is 10.0 Å². The van der Waals surface area contributed by atoms with Crippen LogP contribution in [-0.4, -0.2) is 18.4 Å². The third-order valence-electron chi connectivity index (χ3n) is 3.56. The van der Waals surface area contributed by atoms with Crippen LogP contribution in [0.4, 0.5) is 11.4 Å². The molecule has 4 nitrogen and oxygen atoms in total. The Morgan fingerprint density at radius 1 is 1.04 bits per heavy atom. The molecule has 0 radical (unpaired) electrons. The van der Waals surface area contributed by atoms with Gasteiger partial charge in [0.1, 0.15) is 6.54 Å². The van der Waals surface area contributed by atoms with Crippen LogP contribution in [0.15, 0.2) is 36.4 Å². The lowest BCUT2D eigenvalue weighted by molar-refractivity contribution is -0.120. The molecule has 0 aliphatic carbocycles. The number of aryl methyl sites for hydroxylation is 2. The van der Waals surface area contributed by atoms with Crippen LogP contribution in [0.2, 0.25) is 10.0 Å². The predicted octanol–water partition coefficient (Wildman–Crippen LogP) is 4.60. The lowest BCUT2D eigenvalue weighted by atomic mass is 10.1. The summed E-state index contributed by atoms with van der Waals surface area (Å²) in [4.78, 5) is 25.6. The summed E-state index contributed by atoms with van der Waals surface area (Å²) in [5.74, 6) is -0.547. The number of nitrogens with one attached hydrogen (secondary N) is 1. The molecule has 2 rings (SSSR count). The average molecular weight is 365 g/mol. The zero-order valence-electron chi connectivity index (χ0n) is 13.7. The van der Waals surface area contributed by atoms with Gasteiger partial charge in [-0.1, -0.05) is 35.3 Å². The van der Waals surface area contributed by atoms with Crippen LogP contribution in [0, 0.1) is 13.8 Å². The molecule has 0 saturated heterocycles. The number of nitrogens with zero attached hydrogens (tertiary/aromatic N) is 1. The molecule has 6 heteroatoms. The van der Waals surface area contributed by atoms with E-state index in [1.54, 1.807) is 18.2 Å². The third kappa shape index (κ3) is 4.49. The van der Waals surface area contributed by atoms with Gasteiger partial charge >= 0.3 is 0 Å². The summed E-state index contributed by atoms with van der Waals surface area (Å²) in [6, 6.07) is 10.6. The van der Waals surface area contributed by atoms with Gasteiger partial charge in [-0.25, -0.2) is 0 Å². The van der Waals surface area contributed by atoms with E-state index in [1.165, 1.54) is 11.8 Å². The van der Waals surface area contributed by atoms with Gasteiger partial charge in [0.2, 0.25) is 11.8 Å². The van der Waals surface area contributed by atoms with E-state index in [-0.39, 0.29) is 18.4 Å². The molecule has 0 aromatic heterocycles. The van der Waals surface area contributed by atoms with Crippen LogP contribution in [0.1, 0.15) is 18.1 Å². The Morgan fingerprint density at radius 2 is 1.75 bits per heavy atom. The fraction of sp³-hybridized carbons (Fsp3) is 0.222. The Labute approximate surface area is 151 Å². The van der Waals surface area contributed by atoms with Gasteiger partial charge in [0.25, 0.3) is 0 Å². The van der Waals surface area contributed by atoms with Crippen LogP contribution in [0.3, 0.4) is 0 Å². The summed E-state index contributed by atoms with van der Waals surface area (Å²) in [5.41, 5.74) is 3.26. The summed E-state index contributed by atoms with van der Waals surface area (Å²) < 4.78 is 0. The molecule has 24 heavy (non-hydrogen) atoms. The second-order valence-electron chi connectivity index (χ2n) is 5.57. The number of hydrogen-bond acceptors (Lipinski definition) is 2. The molecule has 0 bridgehead atoms. The number of halogens is 2. The van der Waals surface area contributed by atoms with Crippen molar-refractivity contribution in [2.45, 2.75) is 20.8 Å². The Hall–Kier alpha value is -2.04. The zero-order valence-corrected chi connectivity index (χ0v) is 15.2. The normalized spacial score (nSPS) is 10.4. The SMILES string of the molecule is CC(=O)N(CC(=O)Nc1cc(C)ccc1C)c1ccc(Cl)c(Cl)c1. The van der Waals surface area contributed by atoms with E-state index < -0.39 is 0 Å². The molecule has 1 N–H and O–H groups in total. The fourth-order valence-corrected chi connectivity index (χ4v) is 2.53. The maximum absolute atomic E-state index is 12.4. The fourth-order valence-electron chi connectivity index (χ4n) is 2.24. The maximum Gasteiger partial charge on any atom is 0.244 e. The largest absolute Gasteiger partial charge is 0.324 e. The molecule has 2 aromatic carbocycles. The number of amides is 2. The standard InChI is InChI=1S/C18H18Cl2N2O2/c1-11-4-5-12(2)17(8-11)21-18(24)10-22(13(3)23)14-6-7-15(19)16(20)9-14/h4-9H,10H2,1-3H3,(H,21,24). The van der Waals surface area contributed by atoms with Crippen LogP contribution in [-0.2, 0) is 9.59 Å². The molecular formula is C18H18Cl2N2O2. The van der Waals surface area contributed by atoms with Gasteiger partial charge in [0, 0.05) is 18.3 Å². The molecule has 0 aliphatic rings. The predicted molar refractivity (Wildman–Crippen MR) is 99.0 cm³/mol. The van der Waals surface area contributed by atoms with Crippen LogP contribution in [0.25, 0.3) is 0 Å². The molecule has 0 heterocycles. The Morgan fingerprint density at radius 3 is 2.38 bits per heavy atom. The van der Waals surface area contributed by atoms with Crippen molar-refractivity contribution in [2.75, 3.05) is 16.8 Å². The number of benzene rings is 2. The first kappa shape index (κ1) is 18.3. The molecular weight excluding hydrogens is 347 g/mol. The van der Waals surface area contributed by atoms with Gasteiger partial charge in [-0.15, -0.1) is 0 Å². The highest BCUT2D eigenvalue weighted by Gasteiger charge is 2.17. The van der Waals surface area contributed by atoms with E-state index >= 15 is 0 Å². The van der Waals surface area contributed by atoms with Crippen LogP contribution < -0.4 is 10.2 Å². The van der Waals surface area contributed by atoms with Crippen molar-refractivity contribution in [3.63, 3.8) is 0 Å². The average Bonchev–Trinajstić information content (AvgIpc) is 2.51. The van der Waals surface area contributed by atoms with E-state index in [9.17, 15) is 9.59 Å². The van der Waals surface area contributed by atoms with E-state index in [4.69, 9.17) is 23.2 Å². The molecule has 0 unspecified atom stereocenters. The van der Waals surface area contributed by atoms with Crippen molar-refractivity contribution in [2.24, 2.45) is 0 Å². The summed E-state index contributed by atoms with van der Waals surface area (Å²) in [7, 11) is 0. The number of rotatable bonds is 4. The quantitative estimate of drug-likeness (QED) is 0.861. The molecule has 0 aliphatic heterocycles. The molecule has 0 fully saturated rings. The van der Waals surface area contributed by atoms with E-state index in [0.29, 0.717) is 15.7 Å².